The molecule has 0 aliphatic heterocycles. The molecule has 41 heavy (non-hydrogen) atoms. The van der Waals surface area contributed by atoms with Crippen molar-refractivity contribution in [2.24, 2.45) is 5.10 Å². The summed E-state index contributed by atoms with van der Waals surface area (Å²) >= 11 is 7.57. The fraction of sp³-hybridized carbons (Fsp3) is 0.0323. The highest BCUT2D eigenvalue weighted by atomic mass is 35.5. The molecule has 0 atom stereocenters. The Morgan fingerprint density at radius 3 is 2.39 bits per heavy atom. The molecule has 5 aromatic rings. The number of nitrogens with zero attached hydrogens (tertiary/aromatic N) is 2. The standard InChI is InChI=1S/C31H24ClN5O3S/c32-26-8-4-5-9-27(26)35-29(38)19-40-25-16-10-21(11-17-25)18-33-37-30(39)23-14-12-22(13-15-23)28-20-41-31(36-28)34-24-6-2-1-3-7-24/h1-18,20H,19H2,(H,34,36)(H,35,38)(H,37,39)/b33-18+. The van der Waals surface area contributed by atoms with Crippen LogP contribution in [0.15, 0.2) is 114 Å². The second kappa shape index (κ2) is 13.4. The Kier molecular flexibility index (Phi) is 9.00. The molecule has 0 fully saturated rings. The topological polar surface area (TPSA) is 105 Å². The molecule has 0 radical (unpaired) electrons. The van der Waals surface area contributed by atoms with Gasteiger partial charge in [0.15, 0.2) is 11.7 Å². The minimum atomic E-state index is -0.331. The summed E-state index contributed by atoms with van der Waals surface area (Å²) in [5, 5.41) is 13.2. The number of carbonyl (C=O) groups is 2. The zero-order valence-electron chi connectivity index (χ0n) is 21.6. The van der Waals surface area contributed by atoms with Crippen molar-refractivity contribution in [3.8, 4) is 17.0 Å². The van der Waals surface area contributed by atoms with Gasteiger partial charge in [-0.25, -0.2) is 10.4 Å². The van der Waals surface area contributed by atoms with Gasteiger partial charge in [0.1, 0.15) is 5.75 Å². The average Bonchev–Trinajstić information content (AvgIpc) is 3.47. The van der Waals surface area contributed by atoms with Crippen molar-refractivity contribution >= 4 is 57.5 Å². The van der Waals surface area contributed by atoms with Crippen molar-refractivity contribution in [1.29, 1.82) is 0 Å². The summed E-state index contributed by atoms with van der Waals surface area (Å²) in [7, 11) is 0. The summed E-state index contributed by atoms with van der Waals surface area (Å²) in [5.74, 6) is -0.137. The number of halogens is 1. The normalized spacial score (nSPS) is 10.8. The molecular formula is C31H24ClN5O3S. The van der Waals surface area contributed by atoms with Crippen molar-refractivity contribution in [1.82, 2.24) is 10.4 Å². The number of para-hydroxylation sites is 2. The summed E-state index contributed by atoms with van der Waals surface area (Å²) < 4.78 is 5.53. The van der Waals surface area contributed by atoms with E-state index in [1.165, 1.54) is 17.6 Å². The van der Waals surface area contributed by atoms with E-state index < -0.39 is 0 Å². The molecule has 3 N–H and O–H groups in total. The number of hydrazone groups is 1. The smallest absolute Gasteiger partial charge is 0.271 e. The molecule has 10 heteroatoms. The van der Waals surface area contributed by atoms with Gasteiger partial charge in [-0.3, -0.25) is 9.59 Å². The second-order valence-corrected chi connectivity index (χ2v) is 9.96. The van der Waals surface area contributed by atoms with Crippen LogP contribution in [-0.2, 0) is 4.79 Å². The molecule has 0 bridgehead atoms. The third kappa shape index (κ3) is 7.78. The van der Waals surface area contributed by atoms with E-state index in [0.29, 0.717) is 22.0 Å². The molecule has 5 rings (SSSR count). The van der Waals surface area contributed by atoms with Gasteiger partial charge < -0.3 is 15.4 Å². The maximum atomic E-state index is 12.5. The van der Waals surface area contributed by atoms with Crippen LogP contribution in [0, 0.1) is 0 Å². The van der Waals surface area contributed by atoms with E-state index >= 15 is 0 Å². The summed E-state index contributed by atoms with van der Waals surface area (Å²) in [5.41, 5.74) is 6.99. The molecule has 2 amide bonds. The number of hydrogen-bond acceptors (Lipinski definition) is 7. The van der Waals surface area contributed by atoms with Crippen molar-refractivity contribution in [2.75, 3.05) is 17.2 Å². The van der Waals surface area contributed by atoms with E-state index in [4.69, 9.17) is 16.3 Å². The van der Waals surface area contributed by atoms with Gasteiger partial charge in [-0.15, -0.1) is 11.3 Å². The highest BCUT2D eigenvalue weighted by Gasteiger charge is 2.09. The lowest BCUT2D eigenvalue weighted by Gasteiger charge is -2.08. The number of hydrogen-bond donors (Lipinski definition) is 3. The Morgan fingerprint density at radius 2 is 1.63 bits per heavy atom. The number of aromatic nitrogens is 1. The highest BCUT2D eigenvalue weighted by molar-refractivity contribution is 7.14. The van der Waals surface area contributed by atoms with Crippen molar-refractivity contribution in [3.63, 3.8) is 0 Å². The molecule has 0 saturated heterocycles. The molecule has 4 aromatic carbocycles. The van der Waals surface area contributed by atoms with Crippen LogP contribution in [0.25, 0.3) is 11.3 Å². The van der Waals surface area contributed by atoms with Gasteiger partial charge in [-0.1, -0.05) is 54.1 Å². The Labute approximate surface area is 245 Å². The van der Waals surface area contributed by atoms with Gasteiger partial charge in [0.05, 0.1) is 22.6 Å². The second-order valence-electron chi connectivity index (χ2n) is 8.69. The number of nitrogens with one attached hydrogen (secondary N) is 3. The van der Waals surface area contributed by atoms with E-state index in [0.717, 1.165) is 27.6 Å². The molecule has 204 valence electrons. The lowest BCUT2D eigenvalue weighted by molar-refractivity contribution is -0.118. The predicted molar refractivity (Wildman–Crippen MR) is 164 cm³/mol. The molecule has 8 nitrogen and oxygen atoms in total. The molecule has 0 spiro atoms. The minimum Gasteiger partial charge on any atom is -0.484 e. The van der Waals surface area contributed by atoms with Crippen LogP contribution in [0.1, 0.15) is 15.9 Å². The molecule has 0 aliphatic rings. The van der Waals surface area contributed by atoms with E-state index in [1.807, 2.05) is 47.8 Å². The Balaban J connectivity index is 1.08. The van der Waals surface area contributed by atoms with Crippen LogP contribution in [0.5, 0.6) is 5.75 Å². The zero-order valence-corrected chi connectivity index (χ0v) is 23.2. The van der Waals surface area contributed by atoms with Gasteiger partial charge in [0, 0.05) is 22.2 Å². The van der Waals surface area contributed by atoms with E-state index in [2.05, 4.69) is 26.1 Å². The van der Waals surface area contributed by atoms with Crippen LogP contribution in [-0.4, -0.2) is 29.6 Å². The monoisotopic (exact) mass is 581 g/mol. The number of rotatable bonds is 10. The fourth-order valence-corrected chi connectivity index (χ4v) is 4.60. The number of ether oxygens (including phenoxy) is 1. The minimum absolute atomic E-state index is 0.165. The molecular weight excluding hydrogens is 558 g/mol. The number of benzene rings is 4. The first-order chi connectivity index (χ1) is 20.0. The first kappa shape index (κ1) is 27.6. The molecule has 1 aromatic heterocycles. The number of anilines is 3. The fourth-order valence-electron chi connectivity index (χ4n) is 3.68. The molecule has 0 saturated carbocycles. The van der Waals surface area contributed by atoms with Crippen LogP contribution < -0.4 is 20.8 Å². The zero-order chi connectivity index (χ0) is 28.4. The number of thiazole rings is 1. The van der Waals surface area contributed by atoms with Crippen molar-refractivity contribution in [2.45, 2.75) is 0 Å². The Hall–Kier alpha value is -4.99. The van der Waals surface area contributed by atoms with Crippen LogP contribution in [0.3, 0.4) is 0 Å². The largest absolute Gasteiger partial charge is 0.484 e. The third-order valence-corrected chi connectivity index (χ3v) is 6.84. The summed E-state index contributed by atoms with van der Waals surface area (Å²) in [4.78, 5) is 29.3. The molecule has 1 heterocycles. The Bertz CT molecular complexity index is 1660. The first-order valence-electron chi connectivity index (χ1n) is 12.5. The van der Waals surface area contributed by atoms with E-state index in [9.17, 15) is 9.59 Å². The van der Waals surface area contributed by atoms with Crippen molar-refractivity contribution < 1.29 is 14.3 Å². The van der Waals surface area contributed by atoms with Crippen LogP contribution in [0.4, 0.5) is 16.5 Å². The van der Waals surface area contributed by atoms with E-state index in [1.54, 1.807) is 60.7 Å². The van der Waals surface area contributed by atoms with Gasteiger partial charge in [-0.05, 0) is 66.2 Å². The predicted octanol–water partition coefficient (Wildman–Crippen LogP) is 6.99. The average molecular weight is 582 g/mol. The molecule has 0 aliphatic carbocycles. The highest BCUT2D eigenvalue weighted by Crippen LogP contribution is 2.27. The SMILES string of the molecule is O=C(COc1ccc(/C=N/NC(=O)c2ccc(-c3csc(Nc4ccccc4)n3)cc2)cc1)Nc1ccccc1Cl. The summed E-state index contributed by atoms with van der Waals surface area (Å²) in [6, 6.07) is 31.0. The quantitative estimate of drug-likeness (QED) is 0.122. The maximum absolute atomic E-state index is 12.5. The van der Waals surface area contributed by atoms with Gasteiger partial charge in [-0.2, -0.15) is 5.10 Å². The summed E-state index contributed by atoms with van der Waals surface area (Å²) in [6.07, 6.45) is 1.52. The summed E-state index contributed by atoms with van der Waals surface area (Å²) in [6.45, 7) is -0.165. The van der Waals surface area contributed by atoms with Crippen LogP contribution >= 0.6 is 22.9 Å². The van der Waals surface area contributed by atoms with Crippen molar-refractivity contribution in [3.05, 3.63) is 125 Å². The van der Waals surface area contributed by atoms with Gasteiger partial charge in [0.2, 0.25) is 0 Å². The Morgan fingerprint density at radius 1 is 0.902 bits per heavy atom. The lowest BCUT2D eigenvalue weighted by atomic mass is 10.1. The van der Waals surface area contributed by atoms with E-state index in [-0.39, 0.29) is 18.4 Å². The van der Waals surface area contributed by atoms with Gasteiger partial charge in [0.25, 0.3) is 11.8 Å². The van der Waals surface area contributed by atoms with Gasteiger partial charge >= 0.3 is 0 Å². The number of amides is 2. The maximum Gasteiger partial charge on any atom is 0.271 e. The lowest BCUT2D eigenvalue weighted by Crippen LogP contribution is -2.20. The third-order valence-electron chi connectivity index (χ3n) is 5.75. The first-order valence-corrected chi connectivity index (χ1v) is 13.8. The molecule has 0 unspecified atom stereocenters. The number of carbonyl (C=O) groups excluding carboxylic acids is 2. The van der Waals surface area contributed by atoms with Crippen LogP contribution in [0.2, 0.25) is 5.02 Å².